The Balaban J connectivity index is 1.41. The zero-order valence-corrected chi connectivity index (χ0v) is 13.9. The largest absolute Gasteiger partial charge is 0.371 e. The highest BCUT2D eigenvalue weighted by Gasteiger charge is 2.36. The number of rotatable bonds is 4. The molecular weight excluding hydrogens is 344 g/mol. The van der Waals surface area contributed by atoms with Crippen LogP contribution in [-0.2, 0) is 9.53 Å². The molecule has 1 aromatic heterocycles. The maximum absolute atomic E-state index is 12.3. The summed E-state index contributed by atoms with van der Waals surface area (Å²) in [4.78, 5) is 37.6. The van der Waals surface area contributed by atoms with E-state index in [4.69, 9.17) is 4.74 Å². The number of hydrogen-bond acceptors (Lipinski definition) is 7. The van der Waals surface area contributed by atoms with Crippen LogP contribution in [0, 0.1) is 0 Å². The molecule has 1 fully saturated rings. The van der Waals surface area contributed by atoms with Crippen LogP contribution < -0.4 is 5.32 Å². The quantitative estimate of drug-likeness (QED) is 0.834. The van der Waals surface area contributed by atoms with Crippen molar-refractivity contribution in [2.24, 2.45) is 0 Å². The molecule has 2 aromatic rings. The highest BCUT2D eigenvalue weighted by Crippen LogP contribution is 2.32. The van der Waals surface area contributed by atoms with Crippen molar-refractivity contribution in [3.05, 3.63) is 40.4 Å². The van der Waals surface area contributed by atoms with Crippen LogP contribution in [0.1, 0.15) is 44.7 Å². The Hall–Kier alpha value is -2.65. The Morgan fingerprint density at radius 2 is 1.96 bits per heavy atom. The number of aromatic nitrogens is 2. The van der Waals surface area contributed by atoms with Gasteiger partial charge in [-0.15, -0.1) is 10.2 Å². The first kappa shape index (κ1) is 15.9. The third kappa shape index (κ3) is 2.92. The molecule has 3 amide bonds. The van der Waals surface area contributed by atoms with Crippen LogP contribution in [0.2, 0.25) is 0 Å². The molecule has 2 aliphatic heterocycles. The van der Waals surface area contributed by atoms with E-state index in [2.05, 4.69) is 15.5 Å². The van der Waals surface area contributed by atoms with E-state index in [1.807, 2.05) is 0 Å². The maximum atomic E-state index is 12.3. The second-order valence-electron chi connectivity index (χ2n) is 5.74. The number of hydrogen-bond donors (Lipinski definition) is 1. The van der Waals surface area contributed by atoms with Crippen molar-refractivity contribution >= 4 is 34.2 Å². The molecule has 1 atom stereocenters. The van der Waals surface area contributed by atoms with Crippen LogP contribution >= 0.6 is 11.3 Å². The van der Waals surface area contributed by atoms with Gasteiger partial charge in [0.1, 0.15) is 17.7 Å². The van der Waals surface area contributed by atoms with Gasteiger partial charge in [-0.3, -0.25) is 24.6 Å². The summed E-state index contributed by atoms with van der Waals surface area (Å²) in [6.45, 7) is 0.340. The van der Waals surface area contributed by atoms with Gasteiger partial charge in [0.15, 0.2) is 0 Å². The summed E-state index contributed by atoms with van der Waals surface area (Å²) in [6, 6.07) is 6.51. The lowest BCUT2D eigenvalue weighted by Crippen LogP contribution is -2.37. The zero-order chi connectivity index (χ0) is 17.4. The normalized spacial score (nSPS) is 19.4. The molecule has 128 valence electrons. The summed E-state index contributed by atoms with van der Waals surface area (Å²) in [7, 11) is 0. The van der Waals surface area contributed by atoms with Crippen LogP contribution in [0.4, 0.5) is 5.13 Å². The van der Waals surface area contributed by atoms with Gasteiger partial charge in [-0.2, -0.15) is 0 Å². The van der Waals surface area contributed by atoms with Crippen LogP contribution in [0.15, 0.2) is 24.3 Å². The smallest absolute Gasteiger partial charge is 0.262 e. The van der Waals surface area contributed by atoms with Crippen LogP contribution in [0.25, 0.3) is 0 Å². The first-order chi connectivity index (χ1) is 12.1. The fraction of sp³-hybridized carbons (Fsp3) is 0.312. The van der Waals surface area contributed by atoms with Gasteiger partial charge in [0.25, 0.3) is 11.8 Å². The average Bonchev–Trinajstić information content (AvgIpc) is 3.33. The first-order valence-corrected chi connectivity index (χ1v) is 8.65. The first-order valence-electron chi connectivity index (χ1n) is 7.83. The van der Waals surface area contributed by atoms with E-state index in [0.29, 0.717) is 27.9 Å². The summed E-state index contributed by atoms with van der Waals surface area (Å²) < 4.78 is 5.53. The fourth-order valence-electron chi connectivity index (χ4n) is 2.87. The van der Waals surface area contributed by atoms with Crippen molar-refractivity contribution in [3.63, 3.8) is 0 Å². The highest BCUT2D eigenvalue weighted by molar-refractivity contribution is 7.15. The molecular formula is C16H14N4O4S. The Morgan fingerprint density at radius 3 is 2.60 bits per heavy atom. The summed E-state index contributed by atoms with van der Waals surface area (Å²) >= 11 is 1.24. The van der Waals surface area contributed by atoms with Crippen molar-refractivity contribution in [2.75, 3.05) is 18.5 Å². The number of nitrogens with zero attached hydrogens (tertiary/aromatic N) is 3. The highest BCUT2D eigenvalue weighted by atomic mass is 32.1. The van der Waals surface area contributed by atoms with Crippen LogP contribution in [0.5, 0.6) is 0 Å². The minimum Gasteiger partial charge on any atom is -0.371 e. The third-order valence-electron chi connectivity index (χ3n) is 4.07. The number of anilines is 1. The molecule has 3 heterocycles. The molecule has 0 spiro atoms. The van der Waals surface area contributed by atoms with Crippen molar-refractivity contribution in [1.29, 1.82) is 0 Å². The van der Waals surface area contributed by atoms with Crippen molar-refractivity contribution in [2.45, 2.75) is 18.9 Å². The molecule has 0 bridgehead atoms. The molecule has 25 heavy (non-hydrogen) atoms. The molecule has 1 unspecified atom stereocenters. The fourth-order valence-corrected chi connectivity index (χ4v) is 3.72. The number of ether oxygens (including phenoxy) is 1. The molecule has 1 saturated heterocycles. The molecule has 4 rings (SSSR count). The van der Waals surface area contributed by atoms with E-state index in [1.54, 1.807) is 24.3 Å². The number of carbonyl (C=O) groups excluding carboxylic acids is 3. The van der Waals surface area contributed by atoms with Crippen LogP contribution in [-0.4, -0.2) is 46.0 Å². The Kier molecular flexibility index (Phi) is 4.02. The van der Waals surface area contributed by atoms with E-state index >= 15 is 0 Å². The summed E-state index contributed by atoms with van der Waals surface area (Å²) in [5, 5.41) is 11.6. The van der Waals surface area contributed by atoms with Crippen LogP contribution in [0.3, 0.4) is 0 Å². The van der Waals surface area contributed by atoms with Gasteiger partial charge >= 0.3 is 0 Å². The second kappa shape index (κ2) is 6.34. The Labute approximate surface area is 146 Å². The standard InChI is InChI=1S/C16H14N4O4S/c21-12(17-16-19-18-13(25-16)11-6-3-7-24-11)8-20-14(22)9-4-1-2-5-10(9)15(20)23/h1-2,4-5,11H,3,6-8H2,(H,17,19,21). The molecule has 1 N–H and O–H groups in total. The number of nitrogens with one attached hydrogen (secondary N) is 1. The number of fused-ring (bicyclic) bond motifs is 1. The molecule has 0 aliphatic carbocycles. The van der Waals surface area contributed by atoms with Gasteiger partial charge in [0.2, 0.25) is 11.0 Å². The van der Waals surface area contributed by atoms with Gasteiger partial charge in [0.05, 0.1) is 11.1 Å². The lowest BCUT2D eigenvalue weighted by atomic mass is 10.1. The predicted molar refractivity (Wildman–Crippen MR) is 88.3 cm³/mol. The topological polar surface area (TPSA) is 101 Å². The van der Waals surface area contributed by atoms with Gasteiger partial charge in [-0.05, 0) is 25.0 Å². The monoisotopic (exact) mass is 358 g/mol. The van der Waals surface area contributed by atoms with Crippen molar-refractivity contribution in [1.82, 2.24) is 15.1 Å². The summed E-state index contributed by atoms with van der Waals surface area (Å²) in [6.07, 6.45) is 1.79. The molecule has 8 nitrogen and oxygen atoms in total. The minimum atomic E-state index is -0.496. The van der Waals surface area contributed by atoms with E-state index in [0.717, 1.165) is 17.7 Å². The Morgan fingerprint density at radius 1 is 1.24 bits per heavy atom. The van der Waals surface area contributed by atoms with Gasteiger partial charge < -0.3 is 4.74 Å². The van der Waals surface area contributed by atoms with Gasteiger partial charge in [0, 0.05) is 6.61 Å². The summed E-state index contributed by atoms with van der Waals surface area (Å²) in [5.41, 5.74) is 0.633. The lowest BCUT2D eigenvalue weighted by Gasteiger charge is -2.12. The molecule has 9 heteroatoms. The SMILES string of the molecule is O=C(CN1C(=O)c2ccccc2C1=O)Nc1nnc(C2CCCO2)s1. The zero-order valence-electron chi connectivity index (χ0n) is 13.1. The van der Waals surface area contributed by atoms with E-state index < -0.39 is 17.7 Å². The number of carbonyl (C=O) groups is 3. The van der Waals surface area contributed by atoms with E-state index in [1.165, 1.54) is 11.3 Å². The van der Waals surface area contributed by atoms with E-state index in [9.17, 15) is 14.4 Å². The van der Waals surface area contributed by atoms with Gasteiger partial charge in [-0.25, -0.2) is 0 Å². The molecule has 0 radical (unpaired) electrons. The minimum absolute atomic E-state index is 0.0700. The van der Waals surface area contributed by atoms with E-state index in [-0.39, 0.29) is 12.6 Å². The number of benzene rings is 1. The number of amides is 3. The molecule has 1 aromatic carbocycles. The lowest BCUT2D eigenvalue weighted by molar-refractivity contribution is -0.116. The predicted octanol–water partition coefficient (Wildman–Crippen LogP) is 1.62. The van der Waals surface area contributed by atoms with Gasteiger partial charge in [-0.1, -0.05) is 23.5 Å². The second-order valence-corrected chi connectivity index (χ2v) is 6.75. The molecule has 0 saturated carbocycles. The van der Waals surface area contributed by atoms with Crippen molar-refractivity contribution < 1.29 is 19.1 Å². The maximum Gasteiger partial charge on any atom is 0.262 e. The number of imide groups is 1. The average molecular weight is 358 g/mol. The van der Waals surface area contributed by atoms with Crippen molar-refractivity contribution in [3.8, 4) is 0 Å². The third-order valence-corrected chi connectivity index (χ3v) is 5.00. The Bertz CT molecular complexity index is 824. The molecule has 2 aliphatic rings. The summed E-state index contributed by atoms with van der Waals surface area (Å²) in [5.74, 6) is -1.43.